The molecule has 0 heterocycles. The van der Waals surface area contributed by atoms with Crippen LogP contribution < -0.4 is 9.47 Å². The molecule has 0 unspecified atom stereocenters. The lowest BCUT2D eigenvalue weighted by molar-refractivity contribution is -0.135. The molecular weight excluding hydrogens is 508 g/mol. The van der Waals surface area contributed by atoms with Crippen molar-refractivity contribution in [2.45, 2.75) is 136 Å². The average Bonchev–Trinajstić information content (AvgIpc) is 2.98. The Balaban J connectivity index is 1.88. The van der Waals surface area contributed by atoms with Gasteiger partial charge in [0.1, 0.15) is 11.5 Å². The molecule has 0 amide bonds. The second-order valence-electron chi connectivity index (χ2n) is 11.5. The molecule has 3 aromatic rings. The van der Waals surface area contributed by atoms with Crippen molar-refractivity contribution in [1.29, 1.82) is 0 Å². The lowest BCUT2D eigenvalue weighted by Crippen LogP contribution is -2.11. The number of carbonyl (C=O) groups is 2. The fraction of sp³-hybridized carbons (Fsp3) is 0.568. The van der Waals surface area contributed by atoms with Crippen LogP contribution in [-0.4, -0.2) is 11.9 Å². The second-order valence-corrected chi connectivity index (χ2v) is 11.5. The molecule has 4 heteroatoms. The van der Waals surface area contributed by atoms with Crippen LogP contribution in [0.5, 0.6) is 11.5 Å². The number of esters is 2. The van der Waals surface area contributed by atoms with Crippen molar-refractivity contribution in [3.05, 3.63) is 48.0 Å². The third kappa shape index (κ3) is 10.5. The van der Waals surface area contributed by atoms with Gasteiger partial charge in [-0.05, 0) is 37.3 Å². The number of aryl methyl sites for hydroxylation is 1. The zero-order valence-electron chi connectivity index (χ0n) is 25.9. The van der Waals surface area contributed by atoms with Crippen molar-refractivity contribution in [3.63, 3.8) is 0 Å². The van der Waals surface area contributed by atoms with Crippen LogP contribution in [0.2, 0.25) is 0 Å². The van der Waals surface area contributed by atoms with Gasteiger partial charge >= 0.3 is 11.9 Å². The molecule has 0 aliphatic rings. The third-order valence-corrected chi connectivity index (χ3v) is 7.96. The Morgan fingerprint density at radius 1 is 0.512 bits per heavy atom. The van der Waals surface area contributed by atoms with Crippen LogP contribution in [0.3, 0.4) is 0 Å². The summed E-state index contributed by atoms with van der Waals surface area (Å²) in [6, 6.07) is 14.1. The summed E-state index contributed by atoms with van der Waals surface area (Å²) >= 11 is 0. The molecule has 3 aromatic carbocycles. The Morgan fingerprint density at radius 2 is 0.951 bits per heavy atom. The van der Waals surface area contributed by atoms with Gasteiger partial charge in [0.15, 0.2) is 0 Å². The minimum Gasteiger partial charge on any atom is -0.425 e. The van der Waals surface area contributed by atoms with Gasteiger partial charge in [0.2, 0.25) is 0 Å². The van der Waals surface area contributed by atoms with Gasteiger partial charge in [-0.1, -0.05) is 134 Å². The van der Waals surface area contributed by atoms with E-state index in [0.717, 1.165) is 79.3 Å². The zero-order valence-corrected chi connectivity index (χ0v) is 25.9. The Bertz CT molecular complexity index is 1230. The van der Waals surface area contributed by atoms with Crippen LogP contribution in [0.4, 0.5) is 0 Å². The predicted octanol–water partition coefficient (Wildman–Crippen LogP) is 11.0. The predicted molar refractivity (Wildman–Crippen MR) is 172 cm³/mol. The molecule has 0 saturated carbocycles. The van der Waals surface area contributed by atoms with Crippen molar-refractivity contribution in [1.82, 2.24) is 0 Å². The first-order valence-electron chi connectivity index (χ1n) is 16.5. The summed E-state index contributed by atoms with van der Waals surface area (Å²) in [4.78, 5) is 26.0. The summed E-state index contributed by atoms with van der Waals surface area (Å²) in [6.45, 7) is 6.63. The maximum Gasteiger partial charge on any atom is 0.311 e. The summed E-state index contributed by atoms with van der Waals surface area (Å²) in [6.07, 6.45) is 18.7. The highest BCUT2D eigenvalue weighted by Crippen LogP contribution is 2.43. The first kappa shape index (κ1) is 32.6. The minimum atomic E-state index is -0.202. The number of benzene rings is 3. The lowest BCUT2D eigenvalue weighted by Gasteiger charge is -2.17. The first-order chi connectivity index (χ1) is 20.1. The molecule has 0 aliphatic heterocycles. The first-order valence-corrected chi connectivity index (χ1v) is 16.5. The molecule has 41 heavy (non-hydrogen) atoms. The maximum atomic E-state index is 13.1. The SMILES string of the molecule is CCCCCCCCC(=O)Oc1c2ccccc2c(OC(=O)CCCCCCCC)c2cc(CCCCC)ccc12. The molecule has 0 atom stereocenters. The minimum absolute atomic E-state index is 0.198. The van der Waals surface area contributed by atoms with Gasteiger partial charge in [-0.15, -0.1) is 0 Å². The Kier molecular flexibility index (Phi) is 14.7. The highest BCUT2D eigenvalue weighted by molar-refractivity contribution is 6.12. The Labute approximate surface area is 248 Å². The number of carbonyl (C=O) groups excluding carboxylic acids is 2. The summed E-state index contributed by atoms with van der Waals surface area (Å²) < 4.78 is 12.2. The monoisotopic (exact) mass is 560 g/mol. The number of fused-ring (bicyclic) bond motifs is 2. The Morgan fingerprint density at radius 3 is 1.49 bits per heavy atom. The van der Waals surface area contributed by atoms with E-state index in [-0.39, 0.29) is 11.9 Å². The number of rotatable bonds is 20. The Hall–Kier alpha value is -2.88. The van der Waals surface area contributed by atoms with Gasteiger partial charge in [-0.25, -0.2) is 0 Å². The van der Waals surface area contributed by atoms with Crippen LogP contribution in [0.15, 0.2) is 42.5 Å². The molecule has 0 spiro atoms. The number of hydrogen-bond acceptors (Lipinski definition) is 4. The lowest BCUT2D eigenvalue weighted by atomic mass is 9.97. The van der Waals surface area contributed by atoms with E-state index in [2.05, 4.69) is 32.9 Å². The fourth-order valence-corrected chi connectivity index (χ4v) is 5.53. The van der Waals surface area contributed by atoms with Gasteiger partial charge in [-0.2, -0.15) is 0 Å². The summed E-state index contributed by atoms with van der Waals surface area (Å²) in [7, 11) is 0. The van der Waals surface area contributed by atoms with E-state index in [4.69, 9.17) is 9.47 Å². The standard InChI is InChI=1S/C37H52O4/c1-4-7-10-12-14-17-24-34(38)40-36-30-22-19-20-23-31(30)37(41-35(39)25-18-15-13-11-8-5-2)33-28-29(21-16-9-6-3)26-27-32(33)36/h19-20,22-23,26-28H,4-18,21,24-25H2,1-3H3. The van der Waals surface area contributed by atoms with Gasteiger partial charge < -0.3 is 9.47 Å². The molecule has 0 bridgehead atoms. The molecule has 224 valence electrons. The highest BCUT2D eigenvalue weighted by atomic mass is 16.5. The summed E-state index contributed by atoms with van der Waals surface area (Å²) in [5, 5.41) is 3.28. The molecular formula is C37H52O4. The van der Waals surface area contributed by atoms with Crippen molar-refractivity contribution in [3.8, 4) is 11.5 Å². The van der Waals surface area contributed by atoms with Gasteiger partial charge in [0.25, 0.3) is 0 Å². The zero-order chi connectivity index (χ0) is 29.3. The van der Waals surface area contributed by atoms with E-state index < -0.39 is 0 Å². The van der Waals surface area contributed by atoms with E-state index >= 15 is 0 Å². The van der Waals surface area contributed by atoms with E-state index in [0.29, 0.717) is 24.3 Å². The normalized spacial score (nSPS) is 11.3. The second kappa shape index (κ2) is 18.5. The van der Waals surface area contributed by atoms with Crippen LogP contribution in [0.25, 0.3) is 21.5 Å². The van der Waals surface area contributed by atoms with Gasteiger partial charge in [0, 0.05) is 34.4 Å². The quantitative estimate of drug-likeness (QED) is 0.0597. The summed E-state index contributed by atoms with van der Waals surface area (Å²) in [5.41, 5.74) is 1.21. The van der Waals surface area contributed by atoms with Crippen LogP contribution in [-0.2, 0) is 16.0 Å². The van der Waals surface area contributed by atoms with E-state index in [1.165, 1.54) is 50.5 Å². The number of hydrogen-bond donors (Lipinski definition) is 0. The van der Waals surface area contributed by atoms with Crippen molar-refractivity contribution < 1.29 is 19.1 Å². The fourth-order valence-electron chi connectivity index (χ4n) is 5.53. The maximum absolute atomic E-state index is 13.1. The van der Waals surface area contributed by atoms with Crippen LogP contribution in [0, 0.1) is 0 Å². The third-order valence-electron chi connectivity index (χ3n) is 7.96. The highest BCUT2D eigenvalue weighted by Gasteiger charge is 2.20. The summed E-state index contributed by atoms with van der Waals surface area (Å²) in [5.74, 6) is 0.755. The average molecular weight is 561 g/mol. The van der Waals surface area contributed by atoms with Gasteiger partial charge in [-0.3, -0.25) is 9.59 Å². The molecule has 0 aromatic heterocycles. The molecule has 4 nitrogen and oxygen atoms in total. The largest absolute Gasteiger partial charge is 0.425 e. The van der Waals surface area contributed by atoms with Crippen molar-refractivity contribution in [2.75, 3.05) is 0 Å². The molecule has 0 saturated heterocycles. The molecule has 3 rings (SSSR count). The molecule has 0 radical (unpaired) electrons. The molecule has 0 aliphatic carbocycles. The van der Waals surface area contributed by atoms with E-state index in [1.807, 2.05) is 30.3 Å². The molecule has 0 fully saturated rings. The number of unbranched alkanes of at least 4 members (excludes halogenated alkanes) is 12. The van der Waals surface area contributed by atoms with Crippen LogP contribution in [0.1, 0.15) is 135 Å². The topological polar surface area (TPSA) is 52.6 Å². The van der Waals surface area contributed by atoms with E-state index in [9.17, 15) is 9.59 Å². The smallest absolute Gasteiger partial charge is 0.311 e. The van der Waals surface area contributed by atoms with Crippen LogP contribution >= 0.6 is 0 Å². The van der Waals surface area contributed by atoms with Gasteiger partial charge in [0.05, 0.1) is 0 Å². The van der Waals surface area contributed by atoms with E-state index in [1.54, 1.807) is 0 Å². The number of ether oxygens (including phenoxy) is 2. The molecule has 0 N–H and O–H groups in total. The van der Waals surface area contributed by atoms with Crippen molar-refractivity contribution in [2.24, 2.45) is 0 Å². The van der Waals surface area contributed by atoms with Crippen molar-refractivity contribution >= 4 is 33.5 Å².